The molecule has 88 valence electrons. The predicted molar refractivity (Wildman–Crippen MR) is 66.7 cm³/mol. The zero-order valence-electron chi connectivity index (χ0n) is 9.58. The Hall–Kier alpha value is -0.570. The molecule has 1 heterocycles. The Morgan fingerprint density at radius 1 is 1.44 bits per heavy atom. The van der Waals surface area contributed by atoms with Gasteiger partial charge < -0.3 is 10.1 Å². The Morgan fingerprint density at radius 2 is 2.19 bits per heavy atom. The molecule has 0 radical (unpaired) electrons. The first-order valence-electron chi connectivity index (χ1n) is 5.85. The van der Waals surface area contributed by atoms with Crippen LogP contribution in [0.2, 0.25) is 5.02 Å². The van der Waals surface area contributed by atoms with Crippen LogP contribution in [0.15, 0.2) is 24.3 Å². The lowest BCUT2D eigenvalue weighted by molar-refractivity contribution is 0.0832. The Labute approximate surface area is 102 Å². The molecule has 0 spiro atoms. The van der Waals surface area contributed by atoms with Gasteiger partial charge in [0.15, 0.2) is 0 Å². The highest BCUT2D eigenvalue weighted by Gasteiger charge is 2.21. The lowest BCUT2D eigenvalue weighted by Gasteiger charge is -2.20. The fourth-order valence-corrected chi connectivity index (χ4v) is 2.14. The van der Waals surface area contributed by atoms with Crippen molar-refractivity contribution in [2.24, 2.45) is 0 Å². The second-order valence-corrected chi connectivity index (χ2v) is 4.78. The Kier molecular flexibility index (Phi) is 4.22. The summed E-state index contributed by atoms with van der Waals surface area (Å²) in [7, 11) is 0. The molecule has 1 N–H and O–H groups in total. The van der Waals surface area contributed by atoms with E-state index in [9.17, 15) is 0 Å². The highest BCUT2D eigenvalue weighted by Crippen LogP contribution is 2.16. The van der Waals surface area contributed by atoms with Gasteiger partial charge in [-0.3, -0.25) is 0 Å². The Bertz CT molecular complexity index is 319. The van der Waals surface area contributed by atoms with Gasteiger partial charge in [0.1, 0.15) is 0 Å². The van der Waals surface area contributed by atoms with Crippen molar-refractivity contribution in [3.8, 4) is 0 Å². The van der Waals surface area contributed by atoms with Crippen molar-refractivity contribution in [2.45, 2.75) is 38.5 Å². The van der Waals surface area contributed by atoms with Crippen LogP contribution in [-0.2, 0) is 11.3 Å². The third-order valence-corrected chi connectivity index (χ3v) is 3.32. The molecule has 0 bridgehead atoms. The normalized spacial score (nSPS) is 22.2. The van der Waals surface area contributed by atoms with Crippen molar-refractivity contribution in [1.82, 2.24) is 5.32 Å². The van der Waals surface area contributed by atoms with Gasteiger partial charge >= 0.3 is 0 Å². The summed E-state index contributed by atoms with van der Waals surface area (Å²) in [5.74, 6) is 0. The van der Waals surface area contributed by atoms with Gasteiger partial charge in [0.25, 0.3) is 0 Å². The van der Waals surface area contributed by atoms with Crippen molar-refractivity contribution < 1.29 is 4.74 Å². The number of rotatable bonds is 4. The maximum Gasteiger partial charge on any atom is 0.0726 e. The van der Waals surface area contributed by atoms with Crippen LogP contribution in [0.4, 0.5) is 0 Å². The molecule has 1 fully saturated rings. The SMILES string of the molecule is CC(NCc1ccc(Cl)cc1)C1CCCO1. The standard InChI is InChI=1S/C13H18ClNO/c1-10(13-3-2-8-16-13)15-9-11-4-6-12(14)7-5-11/h4-7,10,13,15H,2-3,8-9H2,1H3. The molecule has 3 heteroatoms. The van der Waals surface area contributed by atoms with E-state index in [2.05, 4.69) is 24.4 Å². The monoisotopic (exact) mass is 239 g/mol. The number of hydrogen-bond donors (Lipinski definition) is 1. The highest BCUT2D eigenvalue weighted by molar-refractivity contribution is 6.30. The highest BCUT2D eigenvalue weighted by atomic mass is 35.5. The van der Waals surface area contributed by atoms with Gasteiger partial charge in [-0.1, -0.05) is 23.7 Å². The average molecular weight is 240 g/mol. The molecular formula is C13H18ClNO. The van der Waals surface area contributed by atoms with Gasteiger partial charge in [-0.2, -0.15) is 0 Å². The summed E-state index contributed by atoms with van der Waals surface area (Å²) in [6.07, 6.45) is 2.75. The molecule has 0 saturated carbocycles. The van der Waals surface area contributed by atoms with Crippen LogP contribution in [-0.4, -0.2) is 18.8 Å². The third-order valence-electron chi connectivity index (χ3n) is 3.06. The summed E-state index contributed by atoms with van der Waals surface area (Å²) < 4.78 is 5.64. The topological polar surface area (TPSA) is 21.3 Å². The van der Waals surface area contributed by atoms with E-state index in [4.69, 9.17) is 16.3 Å². The molecule has 0 aromatic heterocycles. The largest absolute Gasteiger partial charge is 0.377 e. The van der Waals surface area contributed by atoms with Crippen LogP contribution in [0.3, 0.4) is 0 Å². The van der Waals surface area contributed by atoms with E-state index in [0.29, 0.717) is 12.1 Å². The summed E-state index contributed by atoms with van der Waals surface area (Å²) in [6.45, 7) is 3.97. The minimum absolute atomic E-state index is 0.382. The second-order valence-electron chi connectivity index (χ2n) is 4.35. The number of ether oxygens (including phenoxy) is 1. The molecule has 1 aromatic carbocycles. The molecule has 1 saturated heterocycles. The lowest BCUT2D eigenvalue weighted by atomic mass is 10.1. The molecule has 1 aromatic rings. The van der Waals surface area contributed by atoms with Crippen LogP contribution in [0.25, 0.3) is 0 Å². The zero-order valence-corrected chi connectivity index (χ0v) is 10.3. The second kappa shape index (κ2) is 5.67. The molecule has 0 amide bonds. The maximum atomic E-state index is 5.84. The van der Waals surface area contributed by atoms with Crippen molar-refractivity contribution in [3.63, 3.8) is 0 Å². The summed E-state index contributed by atoms with van der Waals surface area (Å²) in [4.78, 5) is 0. The van der Waals surface area contributed by atoms with Crippen LogP contribution in [0, 0.1) is 0 Å². The van der Waals surface area contributed by atoms with Crippen molar-refractivity contribution >= 4 is 11.6 Å². The summed E-state index contributed by atoms with van der Waals surface area (Å²) in [5, 5.41) is 4.28. The Morgan fingerprint density at radius 3 is 2.81 bits per heavy atom. The van der Waals surface area contributed by atoms with Gasteiger partial charge in [-0.15, -0.1) is 0 Å². The first-order chi connectivity index (χ1) is 7.75. The summed E-state index contributed by atoms with van der Waals surface area (Å²) in [6, 6.07) is 8.37. The molecule has 2 unspecified atom stereocenters. The molecule has 1 aliphatic heterocycles. The van der Waals surface area contributed by atoms with E-state index in [-0.39, 0.29) is 0 Å². The summed E-state index contributed by atoms with van der Waals surface area (Å²) in [5.41, 5.74) is 1.26. The first-order valence-corrected chi connectivity index (χ1v) is 6.23. The van der Waals surface area contributed by atoms with Gasteiger partial charge in [0, 0.05) is 24.2 Å². The fraction of sp³-hybridized carbons (Fsp3) is 0.538. The van der Waals surface area contributed by atoms with E-state index < -0.39 is 0 Å². The van der Waals surface area contributed by atoms with Gasteiger partial charge in [0.2, 0.25) is 0 Å². The number of halogens is 1. The van der Waals surface area contributed by atoms with Crippen molar-refractivity contribution in [1.29, 1.82) is 0 Å². The van der Waals surface area contributed by atoms with Crippen molar-refractivity contribution in [2.75, 3.05) is 6.61 Å². The van der Waals surface area contributed by atoms with Gasteiger partial charge in [-0.05, 0) is 37.5 Å². The van der Waals surface area contributed by atoms with E-state index in [0.717, 1.165) is 18.2 Å². The quantitative estimate of drug-likeness (QED) is 0.872. The molecule has 2 rings (SSSR count). The predicted octanol–water partition coefficient (Wildman–Crippen LogP) is 3.00. The molecule has 2 atom stereocenters. The first kappa shape index (κ1) is 11.9. The molecular weight excluding hydrogens is 222 g/mol. The molecule has 1 aliphatic rings. The van der Waals surface area contributed by atoms with Gasteiger partial charge in [-0.25, -0.2) is 0 Å². The molecule has 16 heavy (non-hydrogen) atoms. The van der Waals surface area contributed by atoms with Gasteiger partial charge in [0.05, 0.1) is 6.10 Å². The molecule has 0 aliphatic carbocycles. The minimum Gasteiger partial charge on any atom is -0.377 e. The minimum atomic E-state index is 0.382. The van der Waals surface area contributed by atoms with E-state index in [1.807, 2.05) is 12.1 Å². The zero-order chi connectivity index (χ0) is 11.4. The van der Waals surface area contributed by atoms with Crippen LogP contribution in [0.1, 0.15) is 25.3 Å². The third kappa shape index (κ3) is 3.21. The molecule has 2 nitrogen and oxygen atoms in total. The van der Waals surface area contributed by atoms with E-state index >= 15 is 0 Å². The Balaban J connectivity index is 1.80. The average Bonchev–Trinajstić information content (AvgIpc) is 2.81. The number of nitrogens with one attached hydrogen (secondary N) is 1. The van der Waals surface area contributed by atoms with Crippen LogP contribution in [0.5, 0.6) is 0 Å². The smallest absolute Gasteiger partial charge is 0.0726 e. The van der Waals surface area contributed by atoms with E-state index in [1.54, 1.807) is 0 Å². The number of benzene rings is 1. The van der Waals surface area contributed by atoms with Crippen LogP contribution >= 0.6 is 11.6 Å². The lowest BCUT2D eigenvalue weighted by Crippen LogP contribution is -2.36. The summed E-state index contributed by atoms with van der Waals surface area (Å²) >= 11 is 5.84. The maximum absolute atomic E-state index is 5.84. The number of hydrogen-bond acceptors (Lipinski definition) is 2. The van der Waals surface area contributed by atoms with E-state index in [1.165, 1.54) is 18.4 Å². The fourth-order valence-electron chi connectivity index (χ4n) is 2.01. The van der Waals surface area contributed by atoms with Crippen molar-refractivity contribution in [3.05, 3.63) is 34.9 Å². The van der Waals surface area contributed by atoms with Crippen LogP contribution < -0.4 is 5.32 Å².